The third-order valence-electron chi connectivity index (χ3n) is 2.55. The first-order chi connectivity index (χ1) is 8.10. The van der Waals surface area contributed by atoms with Crippen LogP contribution in [0, 0.1) is 6.92 Å². The summed E-state index contributed by atoms with van der Waals surface area (Å²) in [5, 5.41) is 4.29. The first-order valence-corrected chi connectivity index (χ1v) is 5.86. The summed E-state index contributed by atoms with van der Waals surface area (Å²) in [6, 6.07) is 8.05. The molecule has 0 amide bonds. The van der Waals surface area contributed by atoms with Crippen LogP contribution in [0.1, 0.15) is 19.5 Å². The third-order valence-corrected chi connectivity index (χ3v) is 2.55. The average Bonchev–Trinajstić information content (AvgIpc) is 2.27. The standard InChI is InChI=1S/C14H18N2O/c1-9(2)17-11-5-6-13-12(8-11)14(15-4)7-10(3)16-13/h5-9H,1-4H3,(H,15,16). The van der Waals surface area contributed by atoms with Crippen molar-refractivity contribution in [3.8, 4) is 5.75 Å². The lowest BCUT2D eigenvalue weighted by Gasteiger charge is -2.12. The van der Waals surface area contributed by atoms with Crippen LogP contribution in [0.3, 0.4) is 0 Å². The Morgan fingerprint density at radius 1 is 1.24 bits per heavy atom. The zero-order valence-corrected chi connectivity index (χ0v) is 10.7. The van der Waals surface area contributed by atoms with Crippen molar-refractivity contribution in [2.24, 2.45) is 0 Å². The summed E-state index contributed by atoms with van der Waals surface area (Å²) < 4.78 is 5.70. The van der Waals surface area contributed by atoms with E-state index < -0.39 is 0 Å². The summed E-state index contributed by atoms with van der Waals surface area (Å²) in [4.78, 5) is 4.51. The summed E-state index contributed by atoms with van der Waals surface area (Å²) in [5.74, 6) is 0.884. The number of rotatable bonds is 3. The van der Waals surface area contributed by atoms with E-state index in [1.165, 1.54) is 0 Å². The van der Waals surface area contributed by atoms with Gasteiger partial charge in [0.2, 0.25) is 0 Å². The van der Waals surface area contributed by atoms with Gasteiger partial charge in [-0.05, 0) is 45.0 Å². The lowest BCUT2D eigenvalue weighted by atomic mass is 10.1. The summed E-state index contributed by atoms with van der Waals surface area (Å²) in [7, 11) is 1.92. The number of ether oxygens (including phenoxy) is 1. The second-order valence-corrected chi connectivity index (χ2v) is 4.41. The highest BCUT2D eigenvalue weighted by Gasteiger charge is 2.05. The molecule has 1 N–H and O–H groups in total. The quantitative estimate of drug-likeness (QED) is 0.877. The van der Waals surface area contributed by atoms with Crippen LogP contribution >= 0.6 is 0 Å². The average molecular weight is 230 g/mol. The van der Waals surface area contributed by atoms with Crippen molar-refractivity contribution in [3.63, 3.8) is 0 Å². The van der Waals surface area contributed by atoms with Crippen LogP contribution in [-0.4, -0.2) is 18.1 Å². The molecule has 90 valence electrons. The Kier molecular flexibility index (Phi) is 3.18. The summed E-state index contributed by atoms with van der Waals surface area (Å²) in [6.45, 7) is 6.05. The minimum absolute atomic E-state index is 0.184. The molecule has 0 saturated heterocycles. The molecular weight excluding hydrogens is 212 g/mol. The van der Waals surface area contributed by atoms with E-state index in [9.17, 15) is 0 Å². The molecule has 3 nitrogen and oxygen atoms in total. The highest BCUT2D eigenvalue weighted by molar-refractivity contribution is 5.92. The van der Waals surface area contributed by atoms with Crippen LogP contribution in [0.2, 0.25) is 0 Å². The van der Waals surface area contributed by atoms with Crippen LogP contribution in [-0.2, 0) is 0 Å². The van der Waals surface area contributed by atoms with Crippen molar-refractivity contribution >= 4 is 16.6 Å². The molecule has 0 atom stereocenters. The monoisotopic (exact) mass is 230 g/mol. The maximum atomic E-state index is 5.70. The van der Waals surface area contributed by atoms with E-state index in [0.717, 1.165) is 28.0 Å². The molecule has 1 aromatic carbocycles. The molecule has 0 radical (unpaired) electrons. The molecule has 3 heteroatoms. The van der Waals surface area contributed by atoms with E-state index in [2.05, 4.69) is 10.3 Å². The number of hydrogen-bond donors (Lipinski definition) is 1. The maximum Gasteiger partial charge on any atom is 0.120 e. The second kappa shape index (κ2) is 4.62. The van der Waals surface area contributed by atoms with E-state index in [1.807, 2.05) is 52.1 Å². The van der Waals surface area contributed by atoms with Crippen molar-refractivity contribution in [1.29, 1.82) is 0 Å². The van der Waals surface area contributed by atoms with Crippen molar-refractivity contribution in [1.82, 2.24) is 4.98 Å². The van der Waals surface area contributed by atoms with Gasteiger partial charge in [-0.25, -0.2) is 0 Å². The predicted molar refractivity (Wildman–Crippen MR) is 71.8 cm³/mol. The van der Waals surface area contributed by atoms with Gasteiger partial charge in [0.25, 0.3) is 0 Å². The number of pyridine rings is 1. The lowest BCUT2D eigenvalue weighted by Crippen LogP contribution is -2.05. The van der Waals surface area contributed by atoms with Gasteiger partial charge in [0.1, 0.15) is 5.75 Å². The number of benzene rings is 1. The van der Waals surface area contributed by atoms with Gasteiger partial charge in [0.15, 0.2) is 0 Å². The zero-order valence-electron chi connectivity index (χ0n) is 10.7. The number of nitrogens with zero attached hydrogens (tertiary/aromatic N) is 1. The van der Waals surface area contributed by atoms with E-state index >= 15 is 0 Å². The normalized spacial score (nSPS) is 10.9. The molecule has 0 aliphatic heterocycles. The molecule has 1 heterocycles. The Labute approximate surface area is 102 Å². The zero-order chi connectivity index (χ0) is 12.4. The van der Waals surface area contributed by atoms with Gasteiger partial charge in [0.05, 0.1) is 11.6 Å². The predicted octanol–water partition coefficient (Wildman–Crippen LogP) is 3.37. The van der Waals surface area contributed by atoms with Gasteiger partial charge in [-0.15, -0.1) is 0 Å². The van der Waals surface area contributed by atoms with Crippen LogP contribution in [0.4, 0.5) is 5.69 Å². The van der Waals surface area contributed by atoms with Gasteiger partial charge in [-0.2, -0.15) is 0 Å². The number of anilines is 1. The Balaban J connectivity index is 2.55. The number of hydrogen-bond acceptors (Lipinski definition) is 3. The van der Waals surface area contributed by atoms with Gasteiger partial charge in [-0.3, -0.25) is 4.98 Å². The molecule has 0 aliphatic carbocycles. The summed E-state index contributed by atoms with van der Waals surface area (Å²) in [5.41, 5.74) is 3.09. The number of aromatic nitrogens is 1. The summed E-state index contributed by atoms with van der Waals surface area (Å²) in [6.07, 6.45) is 0.184. The van der Waals surface area contributed by atoms with Gasteiger partial charge < -0.3 is 10.1 Å². The van der Waals surface area contributed by atoms with E-state index in [-0.39, 0.29) is 6.10 Å². The fourth-order valence-electron chi connectivity index (χ4n) is 1.89. The summed E-state index contributed by atoms with van der Waals surface area (Å²) >= 11 is 0. The second-order valence-electron chi connectivity index (χ2n) is 4.41. The Morgan fingerprint density at radius 2 is 2.00 bits per heavy atom. The SMILES string of the molecule is CNc1cc(C)nc2ccc(OC(C)C)cc12. The molecule has 0 bridgehead atoms. The Morgan fingerprint density at radius 3 is 2.65 bits per heavy atom. The maximum absolute atomic E-state index is 5.70. The van der Waals surface area contributed by atoms with E-state index in [0.29, 0.717) is 0 Å². The molecule has 2 rings (SSSR count). The van der Waals surface area contributed by atoms with Gasteiger partial charge >= 0.3 is 0 Å². The minimum atomic E-state index is 0.184. The highest BCUT2D eigenvalue weighted by Crippen LogP contribution is 2.27. The molecule has 0 spiro atoms. The molecular formula is C14H18N2O. The number of nitrogens with one attached hydrogen (secondary N) is 1. The van der Waals surface area contributed by atoms with Crippen LogP contribution in [0.5, 0.6) is 5.75 Å². The lowest BCUT2D eigenvalue weighted by molar-refractivity contribution is 0.243. The van der Waals surface area contributed by atoms with Crippen LogP contribution in [0.25, 0.3) is 10.9 Å². The highest BCUT2D eigenvalue weighted by atomic mass is 16.5. The Bertz CT molecular complexity index is 535. The molecule has 17 heavy (non-hydrogen) atoms. The van der Waals surface area contributed by atoms with Crippen molar-refractivity contribution < 1.29 is 4.74 Å². The fourth-order valence-corrected chi connectivity index (χ4v) is 1.89. The molecule has 1 aromatic heterocycles. The third kappa shape index (κ3) is 2.49. The largest absolute Gasteiger partial charge is 0.491 e. The van der Waals surface area contributed by atoms with E-state index in [1.54, 1.807) is 0 Å². The van der Waals surface area contributed by atoms with Crippen LogP contribution in [0.15, 0.2) is 24.3 Å². The fraction of sp³-hybridized carbons (Fsp3) is 0.357. The molecule has 0 fully saturated rings. The van der Waals surface area contributed by atoms with Crippen molar-refractivity contribution in [2.45, 2.75) is 26.9 Å². The van der Waals surface area contributed by atoms with E-state index in [4.69, 9.17) is 4.74 Å². The molecule has 0 saturated carbocycles. The van der Waals surface area contributed by atoms with Gasteiger partial charge in [-0.1, -0.05) is 0 Å². The smallest absolute Gasteiger partial charge is 0.120 e. The first-order valence-electron chi connectivity index (χ1n) is 5.86. The Hall–Kier alpha value is -1.77. The first kappa shape index (κ1) is 11.7. The molecule has 2 aromatic rings. The topological polar surface area (TPSA) is 34.2 Å². The number of aryl methyl sites for hydroxylation is 1. The molecule has 0 aliphatic rings. The minimum Gasteiger partial charge on any atom is -0.491 e. The van der Waals surface area contributed by atoms with Crippen molar-refractivity contribution in [2.75, 3.05) is 12.4 Å². The van der Waals surface area contributed by atoms with Crippen molar-refractivity contribution in [3.05, 3.63) is 30.0 Å². The number of fused-ring (bicyclic) bond motifs is 1. The van der Waals surface area contributed by atoms with Crippen LogP contribution < -0.4 is 10.1 Å². The van der Waals surface area contributed by atoms with Gasteiger partial charge in [0, 0.05) is 23.8 Å². The molecule has 0 unspecified atom stereocenters.